The Hall–Kier alpha value is -3.42. The van der Waals surface area contributed by atoms with Gasteiger partial charge in [-0.3, -0.25) is 9.59 Å². The van der Waals surface area contributed by atoms with Gasteiger partial charge in [0.15, 0.2) is 11.5 Å². The second kappa shape index (κ2) is 8.51. The minimum atomic E-state index is -0.249. The van der Waals surface area contributed by atoms with E-state index in [1.54, 1.807) is 56.5 Å². The molecule has 2 aromatic carbocycles. The summed E-state index contributed by atoms with van der Waals surface area (Å²) in [5.41, 5.74) is 1.21. The minimum Gasteiger partial charge on any atom is -0.493 e. The van der Waals surface area contributed by atoms with Gasteiger partial charge in [0, 0.05) is 20.0 Å². The van der Waals surface area contributed by atoms with Gasteiger partial charge in [0.2, 0.25) is 5.91 Å². The van der Waals surface area contributed by atoms with Gasteiger partial charge in [0.05, 0.1) is 26.2 Å². The number of aromatic nitrogens is 3. The van der Waals surface area contributed by atoms with Gasteiger partial charge in [-0.2, -0.15) is 0 Å². The Bertz CT molecular complexity index is 1050. The molecule has 0 N–H and O–H groups in total. The lowest BCUT2D eigenvalue weighted by Gasteiger charge is -2.18. The number of carbonyl (C=O) groups excluding carboxylic acids is 1. The molecule has 0 radical (unpaired) electrons. The van der Waals surface area contributed by atoms with Crippen molar-refractivity contribution in [2.75, 3.05) is 21.3 Å². The van der Waals surface area contributed by atoms with Crippen LogP contribution in [0.3, 0.4) is 0 Å². The molecule has 0 saturated carbocycles. The summed E-state index contributed by atoms with van der Waals surface area (Å²) in [5, 5.41) is 8.44. The zero-order valence-electron chi connectivity index (χ0n) is 16.1. The van der Waals surface area contributed by atoms with E-state index in [-0.39, 0.29) is 24.4 Å². The first-order chi connectivity index (χ1) is 13.5. The van der Waals surface area contributed by atoms with Gasteiger partial charge in [-0.1, -0.05) is 23.4 Å². The second-order valence-corrected chi connectivity index (χ2v) is 6.32. The van der Waals surface area contributed by atoms with Gasteiger partial charge in [-0.25, -0.2) is 4.68 Å². The third-order valence-electron chi connectivity index (χ3n) is 4.46. The lowest BCUT2D eigenvalue weighted by molar-refractivity contribution is -0.130. The zero-order chi connectivity index (χ0) is 20.1. The van der Waals surface area contributed by atoms with Gasteiger partial charge in [0.1, 0.15) is 5.52 Å². The lowest BCUT2D eigenvalue weighted by Crippen LogP contribution is -2.30. The normalized spacial score (nSPS) is 10.7. The van der Waals surface area contributed by atoms with Gasteiger partial charge in [-0.05, 0) is 29.8 Å². The molecule has 0 bridgehead atoms. The summed E-state index contributed by atoms with van der Waals surface area (Å²) < 4.78 is 11.7. The highest BCUT2D eigenvalue weighted by Crippen LogP contribution is 2.27. The second-order valence-electron chi connectivity index (χ2n) is 6.32. The standard InChI is InChI=1S/C20H22N4O4/c1-23(13-14-8-9-17(27-2)18(12-14)28-3)19(25)10-11-24-20(26)15-6-4-5-7-16(15)21-22-24/h4-9,12H,10-11,13H2,1-3H3. The smallest absolute Gasteiger partial charge is 0.277 e. The molecule has 0 atom stereocenters. The van der Waals surface area contributed by atoms with Crippen molar-refractivity contribution in [3.63, 3.8) is 0 Å². The Kier molecular flexibility index (Phi) is 5.88. The fourth-order valence-electron chi connectivity index (χ4n) is 2.90. The van der Waals surface area contributed by atoms with E-state index in [2.05, 4.69) is 10.3 Å². The van der Waals surface area contributed by atoms with Crippen LogP contribution in [0.4, 0.5) is 0 Å². The Morgan fingerprint density at radius 3 is 2.61 bits per heavy atom. The molecule has 0 aliphatic rings. The minimum absolute atomic E-state index is 0.100. The van der Waals surface area contributed by atoms with Crippen LogP contribution in [0.15, 0.2) is 47.3 Å². The number of methoxy groups -OCH3 is 2. The molecule has 0 aliphatic carbocycles. The van der Waals surface area contributed by atoms with E-state index in [0.29, 0.717) is 28.9 Å². The summed E-state index contributed by atoms with van der Waals surface area (Å²) in [6.45, 7) is 0.587. The quantitative estimate of drug-likeness (QED) is 0.620. The van der Waals surface area contributed by atoms with Crippen LogP contribution in [0.2, 0.25) is 0 Å². The van der Waals surface area contributed by atoms with E-state index >= 15 is 0 Å². The van der Waals surface area contributed by atoms with Crippen LogP contribution in [0.1, 0.15) is 12.0 Å². The topological polar surface area (TPSA) is 86.5 Å². The highest BCUT2D eigenvalue weighted by molar-refractivity contribution is 5.77. The van der Waals surface area contributed by atoms with Crippen LogP contribution >= 0.6 is 0 Å². The molecule has 8 heteroatoms. The summed E-state index contributed by atoms with van der Waals surface area (Å²) in [6.07, 6.45) is 0.150. The van der Waals surface area contributed by atoms with Gasteiger partial charge >= 0.3 is 0 Å². The maximum Gasteiger partial charge on any atom is 0.277 e. The van der Waals surface area contributed by atoms with Crippen LogP contribution in [-0.4, -0.2) is 47.1 Å². The van der Waals surface area contributed by atoms with E-state index in [1.165, 1.54) is 4.68 Å². The number of benzene rings is 2. The monoisotopic (exact) mass is 382 g/mol. The molecule has 1 heterocycles. The summed E-state index contributed by atoms with van der Waals surface area (Å²) in [5.74, 6) is 1.14. The molecule has 0 spiro atoms. The lowest BCUT2D eigenvalue weighted by atomic mass is 10.2. The molecular formula is C20H22N4O4. The first kappa shape index (κ1) is 19.3. The van der Waals surface area contributed by atoms with Crippen molar-refractivity contribution < 1.29 is 14.3 Å². The van der Waals surface area contributed by atoms with E-state index in [1.807, 2.05) is 12.1 Å². The molecule has 1 amide bonds. The van der Waals surface area contributed by atoms with E-state index < -0.39 is 0 Å². The number of fused-ring (bicyclic) bond motifs is 1. The summed E-state index contributed by atoms with van der Waals surface area (Å²) in [7, 11) is 4.86. The fourth-order valence-corrected chi connectivity index (χ4v) is 2.90. The molecule has 0 aliphatic heterocycles. The highest BCUT2D eigenvalue weighted by atomic mass is 16.5. The van der Waals surface area contributed by atoms with Crippen molar-refractivity contribution in [1.82, 2.24) is 19.9 Å². The third-order valence-corrected chi connectivity index (χ3v) is 4.46. The van der Waals surface area contributed by atoms with E-state index in [4.69, 9.17) is 9.47 Å². The number of rotatable bonds is 7. The molecule has 3 aromatic rings. The van der Waals surface area contributed by atoms with Crippen molar-refractivity contribution in [3.8, 4) is 11.5 Å². The maximum atomic E-state index is 12.5. The highest BCUT2D eigenvalue weighted by Gasteiger charge is 2.13. The van der Waals surface area contributed by atoms with Gasteiger partial charge < -0.3 is 14.4 Å². The van der Waals surface area contributed by atoms with Crippen LogP contribution in [0.25, 0.3) is 10.9 Å². The maximum absolute atomic E-state index is 12.5. The van der Waals surface area contributed by atoms with Crippen molar-refractivity contribution >= 4 is 16.8 Å². The van der Waals surface area contributed by atoms with Crippen molar-refractivity contribution in [2.24, 2.45) is 0 Å². The van der Waals surface area contributed by atoms with E-state index in [9.17, 15) is 9.59 Å². The Balaban J connectivity index is 1.65. The number of hydrogen-bond acceptors (Lipinski definition) is 6. The number of carbonyl (C=O) groups is 1. The Labute approximate surface area is 162 Å². The molecule has 0 saturated heterocycles. The van der Waals surface area contributed by atoms with Crippen molar-refractivity contribution in [2.45, 2.75) is 19.5 Å². The summed E-state index contributed by atoms with van der Waals surface area (Å²) in [4.78, 5) is 26.5. The van der Waals surface area contributed by atoms with E-state index in [0.717, 1.165) is 5.56 Å². The van der Waals surface area contributed by atoms with Crippen LogP contribution in [0, 0.1) is 0 Å². The number of amides is 1. The molecule has 28 heavy (non-hydrogen) atoms. The molecule has 0 unspecified atom stereocenters. The summed E-state index contributed by atoms with van der Waals surface area (Å²) in [6, 6.07) is 12.5. The fraction of sp³-hybridized carbons (Fsp3) is 0.300. The zero-order valence-corrected chi connectivity index (χ0v) is 16.1. The van der Waals surface area contributed by atoms with Gasteiger partial charge in [-0.15, -0.1) is 5.10 Å². The van der Waals surface area contributed by atoms with Crippen molar-refractivity contribution in [3.05, 3.63) is 58.4 Å². The largest absolute Gasteiger partial charge is 0.493 e. The van der Waals surface area contributed by atoms with Crippen LogP contribution in [0.5, 0.6) is 11.5 Å². The predicted molar refractivity (Wildman–Crippen MR) is 104 cm³/mol. The molecule has 1 aromatic heterocycles. The average Bonchev–Trinajstić information content (AvgIpc) is 2.73. The number of aryl methyl sites for hydroxylation is 1. The number of ether oxygens (including phenoxy) is 2. The predicted octanol–water partition coefficient (Wildman–Crippen LogP) is 1.86. The first-order valence-corrected chi connectivity index (χ1v) is 8.81. The number of nitrogens with zero attached hydrogens (tertiary/aromatic N) is 4. The average molecular weight is 382 g/mol. The Morgan fingerprint density at radius 2 is 1.86 bits per heavy atom. The number of hydrogen-bond donors (Lipinski definition) is 0. The van der Waals surface area contributed by atoms with Crippen LogP contribution < -0.4 is 15.0 Å². The molecule has 3 rings (SSSR count). The molecule has 8 nitrogen and oxygen atoms in total. The van der Waals surface area contributed by atoms with Gasteiger partial charge in [0.25, 0.3) is 5.56 Å². The SMILES string of the molecule is COc1ccc(CN(C)C(=O)CCn2nnc3ccccc3c2=O)cc1OC. The van der Waals surface area contributed by atoms with Crippen molar-refractivity contribution in [1.29, 1.82) is 0 Å². The first-order valence-electron chi connectivity index (χ1n) is 8.81. The molecule has 0 fully saturated rings. The molecular weight excluding hydrogens is 360 g/mol. The summed E-state index contributed by atoms with van der Waals surface area (Å²) >= 11 is 0. The molecule has 146 valence electrons. The third kappa shape index (κ3) is 4.11. The van der Waals surface area contributed by atoms with Crippen LogP contribution in [-0.2, 0) is 17.9 Å². The Morgan fingerprint density at radius 1 is 1.11 bits per heavy atom.